The van der Waals surface area contributed by atoms with E-state index < -0.39 is 0 Å². The summed E-state index contributed by atoms with van der Waals surface area (Å²) in [4.78, 5) is 11.5. The highest BCUT2D eigenvalue weighted by Gasteiger charge is 2.29. The van der Waals surface area contributed by atoms with Gasteiger partial charge in [-0.25, -0.2) is 9.97 Å². The molecule has 0 saturated carbocycles. The van der Waals surface area contributed by atoms with Crippen LogP contribution in [0.25, 0.3) is 0 Å². The second kappa shape index (κ2) is 6.37. The Morgan fingerprint density at radius 2 is 2.08 bits per heavy atom. The quantitative estimate of drug-likeness (QED) is 0.730. The summed E-state index contributed by atoms with van der Waals surface area (Å²) in [5.74, 6) is 2.02. The Labute approximate surface area is 145 Å². The van der Waals surface area contributed by atoms with Crippen LogP contribution in [0.5, 0.6) is 5.75 Å². The minimum atomic E-state index is 0.304. The van der Waals surface area contributed by atoms with Crippen molar-refractivity contribution in [2.75, 3.05) is 7.11 Å². The number of aryl methyl sites for hydroxylation is 1. The van der Waals surface area contributed by atoms with E-state index in [0.717, 1.165) is 36.9 Å². The summed E-state index contributed by atoms with van der Waals surface area (Å²) in [7, 11) is 1.70. The number of thiazole rings is 1. The summed E-state index contributed by atoms with van der Waals surface area (Å²) in [6.45, 7) is 4.71. The largest absolute Gasteiger partial charge is 0.497 e. The number of ether oxygens (including phenoxy) is 1. The highest BCUT2D eigenvalue weighted by Crippen LogP contribution is 2.32. The van der Waals surface area contributed by atoms with Gasteiger partial charge < -0.3 is 9.30 Å². The van der Waals surface area contributed by atoms with Crippen molar-refractivity contribution < 1.29 is 4.74 Å². The first kappa shape index (κ1) is 15.4. The summed E-state index contributed by atoms with van der Waals surface area (Å²) in [5.41, 5.74) is 5.53. The molecule has 0 aliphatic carbocycles. The number of fused-ring (bicyclic) bond motifs is 1. The van der Waals surface area contributed by atoms with Gasteiger partial charge in [0.05, 0.1) is 30.9 Å². The van der Waals surface area contributed by atoms with Crippen molar-refractivity contribution in [3.63, 3.8) is 0 Å². The van der Waals surface area contributed by atoms with Gasteiger partial charge in [0.15, 0.2) is 0 Å². The van der Waals surface area contributed by atoms with E-state index in [1.165, 1.54) is 11.3 Å². The van der Waals surface area contributed by atoms with Gasteiger partial charge in [0, 0.05) is 30.4 Å². The van der Waals surface area contributed by atoms with Crippen molar-refractivity contribution in [3.05, 3.63) is 64.1 Å². The number of hydrogen-bond donors (Lipinski definition) is 0. The molecular weight excluding hydrogens is 320 g/mol. The molecule has 1 aliphatic heterocycles. The molecule has 3 aromatic rings. The molecular formula is C18H20N4OS. The van der Waals surface area contributed by atoms with Crippen LogP contribution in [0.3, 0.4) is 0 Å². The Hall–Kier alpha value is -2.18. The zero-order chi connectivity index (χ0) is 16.5. The Morgan fingerprint density at radius 1 is 1.25 bits per heavy atom. The van der Waals surface area contributed by atoms with Gasteiger partial charge in [0.25, 0.3) is 0 Å². The highest BCUT2D eigenvalue weighted by atomic mass is 32.1. The maximum Gasteiger partial charge on any atom is 0.123 e. The van der Waals surface area contributed by atoms with Crippen LogP contribution < -0.4 is 4.74 Å². The predicted molar refractivity (Wildman–Crippen MR) is 94.1 cm³/mol. The molecule has 1 aromatic carbocycles. The molecule has 5 nitrogen and oxygen atoms in total. The fraction of sp³-hybridized carbons (Fsp3) is 0.333. The average Bonchev–Trinajstić information content (AvgIpc) is 3.25. The van der Waals surface area contributed by atoms with Crippen LogP contribution in [0, 0.1) is 6.92 Å². The molecule has 1 atom stereocenters. The van der Waals surface area contributed by atoms with Crippen LogP contribution in [0.4, 0.5) is 0 Å². The van der Waals surface area contributed by atoms with Crippen molar-refractivity contribution in [1.82, 2.24) is 19.4 Å². The number of benzene rings is 1. The topological polar surface area (TPSA) is 43.2 Å². The summed E-state index contributed by atoms with van der Waals surface area (Å²) < 4.78 is 7.62. The zero-order valence-electron chi connectivity index (χ0n) is 13.8. The van der Waals surface area contributed by atoms with Gasteiger partial charge in [-0.2, -0.15) is 0 Å². The molecule has 3 heterocycles. The van der Waals surface area contributed by atoms with Gasteiger partial charge in [-0.1, -0.05) is 12.1 Å². The standard InChI is InChI=1S/C18H20N4OS/c1-13-7-19-18-10-21(8-15-11-24-12-20-15)17(9-22(13)18)14-3-5-16(23-2)6-4-14/h3-7,11-12,17H,8-10H2,1-2H3/t17-/m1/s1. The Morgan fingerprint density at radius 3 is 2.79 bits per heavy atom. The van der Waals surface area contributed by atoms with Crippen LogP contribution in [0.2, 0.25) is 0 Å². The van der Waals surface area contributed by atoms with Crippen molar-refractivity contribution in [1.29, 1.82) is 0 Å². The summed E-state index contributed by atoms with van der Waals surface area (Å²) in [6, 6.07) is 8.70. The van der Waals surface area contributed by atoms with Crippen molar-refractivity contribution in [2.45, 2.75) is 32.6 Å². The Balaban J connectivity index is 1.67. The Bertz CT molecular complexity index is 810. The van der Waals surface area contributed by atoms with Crippen molar-refractivity contribution in [3.8, 4) is 5.75 Å². The van der Waals surface area contributed by atoms with Gasteiger partial charge >= 0.3 is 0 Å². The lowest BCUT2D eigenvalue weighted by atomic mass is 10.0. The first-order chi connectivity index (χ1) is 11.7. The molecule has 4 rings (SSSR count). The van der Waals surface area contributed by atoms with E-state index in [0.29, 0.717) is 6.04 Å². The van der Waals surface area contributed by atoms with Crippen LogP contribution in [0.1, 0.15) is 28.8 Å². The van der Waals surface area contributed by atoms with E-state index in [1.54, 1.807) is 18.4 Å². The van der Waals surface area contributed by atoms with Gasteiger partial charge in [-0.05, 0) is 24.6 Å². The number of hydrogen-bond acceptors (Lipinski definition) is 5. The molecule has 1 aliphatic rings. The van der Waals surface area contributed by atoms with Crippen LogP contribution in [-0.2, 0) is 19.6 Å². The predicted octanol–water partition coefficient (Wildman–Crippen LogP) is 3.41. The number of nitrogens with zero attached hydrogens (tertiary/aromatic N) is 4. The minimum Gasteiger partial charge on any atom is -0.497 e. The summed E-state index contributed by atoms with van der Waals surface area (Å²) >= 11 is 1.64. The molecule has 0 amide bonds. The average molecular weight is 340 g/mol. The van der Waals surface area contributed by atoms with Gasteiger partial charge in [0.1, 0.15) is 11.6 Å². The van der Waals surface area contributed by atoms with E-state index in [9.17, 15) is 0 Å². The molecule has 6 heteroatoms. The first-order valence-electron chi connectivity index (χ1n) is 8.00. The van der Waals surface area contributed by atoms with Crippen molar-refractivity contribution in [2.24, 2.45) is 0 Å². The van der Waals surface area contributed by atoms with Crippen LogP contribution >= 0.6 is 11.3 Å². The monoisotopic (exact) mass is 340 g/mol. The number of aromatic nitrogens is 3. The molecule has 124 valence electrons. The minimum absolute atomic E-state index is 0.304. The van der Waals surface area contributed by atoms with E-state index in [-0.39, 0.29) is 0 Å². The highest BCUT2D eigenvalue weighted by molar-refractivity contribution is 7.07. The normalized spacial score (nSPS) is 17.7. The molecule has 0 N–H and O–H groups in total. The fourth-order valence-electron chi connectivity index (χ4n) is 3.30. The smallest absolute Gasteiger partial charge is 0.123 e. The lowest BCUT2D eigenvalue weighted by Gasteiger charge is -2.36. The molecule has 0 spiro atoms. The lowest BCUT2D eigenvalue weighted by Crippen LogP contribution is -2.37. The molecule has 0 radical (unpaired) electrons. The van der Waals surface area contributed by atoms with E-state index in [4.69, 9.17) is 4.74 Å². The molecule has 2 aromatic heterocycles. The molecule has 0 unspecified atom stereocenters. The number of rotatable bonds is 4. The lowest BCUT2D eigenvalue weighted by molar-refractivity contribution is 0.126. The number of methoxy groups -OCH3 is 1. The third-order valence-corrected chi connectivity index (χ3v) is 5.26. The van der Waals surface area contributed by atoms with Crippen LogP contribution in [0.15, 0.2) is 41.4 Å². The molecule has 24 heavy (non-hydrogen) atoms. The van der Waals surface area contributed by atoms with Crippen molar-refractivity contribution >= 4 is 11.3 Å². The second-order valence-electron chi connectivity index (χ2n) is 6.10. The molecule has 0 saturated heterocycles. The fourth-order valence-corrected chi connectivity index (χ4v) is 3.85. The van der Waals surface area contributed by atoms with Crippen LogP contribution in [-0.4, -0.2) is 26.5 Å². The van der Waals surface area contributed by atoms with E-state index >= 15 is 0 Å². The maximum absolute atomic E-state index is 5.29. The Kier molecular flexibility index (Phi) is 4.08. The van der Waals surface area contributed by atoms with Gasteiger partial charge in [-0.3, -0.25) is 4.90 Å². The van der Waals surface area contributed by atoms with Gasteiger partial charge in [0.2, 0.25) is 0 Å². The third kappa shape index (κ3) is 2.83. The second-order valence-corrected chi connectivity index (χ2v) is 6.82. The summed E-state index contributed by atoms with van der Waals surface area (Å²) in [5, 5.41) is 2.12. The zero-order valence-corrected chi connectivity index (χ0v) is 14.7. The third-order valence-electron chi connectivity index (χ3n) is 4.63. The molecule has 0 fully saturated rings. The SMILES string of the molecule is COc1ccc([C@H]2Cn3c(C)cnc3CN2Cc2cscn2)cc1. The first-order valence-corrected chi connectivity index (χ1v) is 8.95. The summed E-state index contributed by atoms with van der Waals surface area (Å²) in [6.07, 6.45) is 1.97. The van der Waals surface area contributed by atoms with E-state index in [2.05, 4.69) is 43.9 Å². The van der Waals surface area contributed by atoms with Gasteiger partial charge in [-0.15, -0.1) is 11.3 Å². The maximum atomic E-state index is 5.29. The number of imidazole rings is 1. The molecule has 0 bridgehead atoms. The van der Waals surface area contributed by atoms with E-state index in [1.807, 2.05) is 23.8 Å².